The summed E-state index contributed by atoms with van der Waals surface area (Å²) in [4.78, 5) is 16.7. The van der Waals surface area contributed by atoms with Crippen LogP contribution in [0.15, 0.2) is 34.1 Å². The van der Waals surface area contributed by atoms with Gasteiger partial charge in [-0.2, -0.15) is 0 Å². The molecule has 0 spiro atoms. The van der Waals surface area contributed by atoms with E-state index in [1.807, 2.05) is 24.4 Å². The fourth-order valence-electron chi connectivity index (χ4n) is 2.06. The number of carbonyl (C=O) groups is 1. The van der Waals surface area contributed by atoms with Gasteiger partial charge in [0.2, 0.25) is 5.89 Å². The highest BCUT2D eigenvalue weighted by atomic mass is 32.1. The highest BCUT2D eigenvalue weighted by Gasteiger charge is 2.19. The molecule has 3 rings (SSSR count). The van der Waals surface area contributed by atoms with Crippen molar-refractivity contribution in [3.8, 4) is 11.3 Å². The smallest absolute Gasteiger partial charge is 0.338 e. The van der Waals surface area contributed by atoms with Crippen LogP contribution in [0.5, 0.6) is 0 Å². The molecule has 1 aromatic carbocycles. The maximum Gasteiger partial charge on any atom is 0.338 e. The first-order valence-electron chi connectivity index (χ1n) is 7.06. The second kappa shape index (κ2) is 6.29. The highest BCUT2D eigenvalue weighted by molar-refractivity contribution is 7.09. The van der Waals surface area contributed by atoms with Gasteiger partial charge in [0, 0.05) is 17.9 Å². The van der Waals surface area contributed by atoms with Gasteiger partial charge in [0.25, 0.3) is 5.89 Å². The van der Waals surface area contributed by atoms with Gasteiger partial charge in [-0.25, -0.2) is 9.78 Å². The van der Waals surface area contributed by atoms with Crippen LogP contribution >= 0.6 is 11.3 Å². The van der Waals surface area contributed by atoms with Gasteiger partial charge in [-0.05, 0) is 26.0 Å². The van der Waals surface area contributed by atoms with E-state index in [1.54, 1.807) is 37.3 Å². The van der Waals surface area contributed by atoms with Crippen molar-refractivity contribution >= 4 is 17.3 Å². The van der Waals surface area contributed by atoms with Gasteiger partial charge in [-0.15, -0.1) is 21.5 Å². The first kappa shape index (κ1) is 15.4. The predicted octanol–water partition coefficient (Wildman–Crippen LogP) is 3.73. The van der Waals surface area contributed by atoms with Crippen LogP contribution in [-0.4, -0.2) is 21.2 Å². The molecule has 2 heterocycles. The second-order valence-corrected chi connectivity index (χ2v) is 6.10. The number of carbonyl (C=O) groups excluding carboxylic acids is 1. The van der Waals surface area contributed by atoms with E-state index in [4.69, 9.17) is 9.15 Å². The minimum absolute atomic E-state index is 0.280. The Hall–Kier alpha value is -2.54. The summed E-state index contributed by atoms with van der Waals surface area (Å²) >= 11 is 1.57. The summed E-state index contributed by atoms with van der Waals surface area (Å²) in [6.45, 7) is 5.32. The van der Waals surface area contributed by atoms with E-state index in [2.05, 4.69) is 15.2 Å². The van der Waals surface area contributed by atoms with Crippen LogP contribution < -0.4 is 0 Å². The Bertz CT molecular complexity index is 840. The molecule has 118 valence electrons. The van der Waals surface area contributed by atoms with Gasteiger partial charge in [0.05, 0.1) is 16.3 Å². The molecule has 6 nitrogen and oxygen atoms in total. The van der Waals surface area contributed by atoms with Gasteiger partial charge in [-0.3, -0.25) is 0 Å². The van der Waals surface area contributed by atoms with E-state index in [9.17, 15) is 4.79 Å². The fraction of sp³-hybridized carbons (Fsp3) is 0.250. The van der Waals surface area contributed by atoms with Crippen LogP contribution in [-0.2, 0) is 4.74 Å². The lowest BCUT2D eigenvalue weighted by Crippen LogP contribution is -2.09. The molecule has 2 aromatic heterocycles. The lowest BCUT2D eigenvalue weighted by molar-refractivity contribution is 0.0277. The van der Waals surface area contributed by atoms with Crippen molar-refractivity contribution in [3.05, 3.63) is 52.0 Å². The zero-order chi connectivity index (χ0) is 16.4. The molecule has 0 bridgehead atoms. The molecule has 0 fully saturated rings. The number of esters is 1. The Labute approximate surface area is 137 Å². The molecule has 0 aliphatic carbocycles. The molecule has 0 saturated carbocycles. The Morgan fingerprint density at radius 2 is 2.13 bits per heavy atom. The SMILES string of the molecule is Cc1nnc(C(C)OC(=O)c2cccc(-c3csc(C)n3)c2)o1. The van der Waals surface area contributed by atoms with Crippen molar-refractivity contribution in [1.82, 2.24) is 15.2 Å². The molecule has 0 aliphatic rings. The van der Waals surface area contributed by atoms with Crippen LogP contribution in [0.1, 0.15) is 40.2 Å². The van der Waals surface area contributed by atoms with Crippen LogP contribution in [0.2, 0.25) is 0 Å². The minimum atomic E-state index is -0.603. The van der Waals surface area contributed by atoms with Crippen LogP contribution in [0.4, 0.5) is 0 Å². The molecule has 1 atom stereocenters. The van der Waals surface area contributed by atoms with Gasteiger partial charge < -0.3 is 9.15 Å². The number of hydrogen-bond donors (Lipinski definition) is 0. The van der Waals surface area contributed by atoms with E-state index in [0.29, 0.717) is 11.5 Å². The van der Waals surface area contributed by atoms with Crippen molar-refractivity contribution in [3.63, 3.8) is 0 Å². The van der Waals surface area contributed by atoms with Gasteiger partial charge >= 0.3 is 5.97 Å². The number of nitrogens with zero attached hydrogens (tertiary/aromatic N) is 3. The van der Waals surface area contributed by atoms with Crippen molar-refractivity contribution in [2.45, 2.75) is 26.9 Å². The maximum atomic E-state index is 12.3. The number of aromatic nitrogens is 3. The number of benzene rings is 1. The standard InChI is InChI=1S/C16H15N3O3S/c1-9(15-19-18-10(2)22-15)21-16(20)13-6-4-5-12(7-13)14-8-23-11(3)17-14/h4-9H,1-3H3. The molecule has 0 amide bonds. The van der Waals surface area contributed by atoms with Crippen molar-refractivity contribution < 1.29 is 13.9 Å². The quantitative estimate of drug-likeness (QED) is 0.679. The summed E-state index contributed by atoms with van der Waals surface area (Å²) in [6, 6.07) is 7.19. The Kier molecular flexibility index (Phi) is 4.20. The Morgan fingerprint density at radius 3 is 2.78 bits per heavy atom. The summed E-state index contributed by atoms with van der Waals surface area (Å²) in [5.74, 6) is 0.271. The molecular weight excluding hydrogens is 314 g/mol. The third kappa shape index (κ3) is 3.45. The van der Waals surface area contributed by atoms with Gasteiger partial charge in [-0.1, -0.05) is 12.1 Å². The summed E-state index contributed by atoms with van der Waals surface area (Å²) in [6.07, 6.45) is -0.603. The summed E-state index contributed by atoms with van der Waals surface area (Å²) in [5.41, 5.74) is 2.18. The average Bonchev–Trinajstić information content (AvgIpc) is 3.16. The first-order valence-corrected chi connectivity index (χ1v) is 7.94. The number of ether oxygens (including phenoxy) is 1. The Morgan fingerprint density at radius 1 is 1.30 bits per heavy atom. The molecule has 7 heteroatoms. The molecule has 0 radical (unpaired) electrons. The van der Waals surface area contributed by atoms with Gasteiger partial charge in [0.15, 0.2) is 6.10 Å². The second-order valence-electron chi connectivity index (χ2n) is 5.04. The van der Waals surface area contributed by atoms with E-state index >= 15 is 0 Å². The number of thiazole rings is 1. The molecule has 0 saturated heterocycles. The highest BCUT2D eigenvalue weighted by Crippen LogP contribution is 2.24. The number of aryl methyl sites for hydroxylation is 2. The largest absolute Gasteiger partial charge is 0.449 e. The molecule has 0 aliphatic heterocycles. The third-order valence-electron chi connectivity index (χ3n) is 3.19. The third-order valence-corrected chi connectivity index (χ3v) is 3.96. The van der Waals surface area contributed by atoms with Crippen molar-refractivity contribution in [1.29, 1.82) is 0 Å². The van der Waals surface area contributed by atoms with E-state index in [0.717, 1.165) is 16.3 Å². The van der Waals surface area contributed by atoms with Gasteiger partial charge in [0.1, 0.15) is 0 Å². The Balaban J connectivity index is 1.77. The van der Waals surface area contributed by atoms with Crippen LogP contribution in [0.3, 0.4) is 0 Å². The van der Waals surface area contributed by atoms with Crippen molar-refractivity contribution in [2.24, 2.45) is 0 Å². The predicted molar refractivity (Wildman–Crippen MR) is 85.2 cm³/mol. The van der Waals surface area contributed by atoms with Crippen molar-refractivity contribution in [2.75, 3.05) is 0 Å². The molecule has 23 heavy (non-hydrogen) atoms. The number of hydrogen-bond acceptors (Lipinski definition) is 7. The molecule has 1 unspecified atom stereocenters. The zero-order valence-corrected chi connectivity index (χ0v) is 13.8. The fourth-order valence-corrected chi connectivity index (χ4v) is 2.68. The van der Waals surface area contributed by atoms with Crippen LogP contribution in [0, 0.1) is 13.8 Å². The maximum absolute atomic E-state index is 12.3. The zero-order valence-electron chi connectivity index (χ0n) is 12.9. The van der Waals surface area contributed by atoms with Crippen LogP contribution in [0.25, 0.3) is 11.3 Å². The van der Waals surface area contributed by atoms with E-state index in [1.165, 1.54) is 0 Å². The molecule has 0 N–H and O–H groups in total. The first-order chi connectivity index (χ1) is 11.0. The minimum Gasteiger partial charge on any atom is -0.449 e. The van der Waals surface area contributed by atoms with E-state index < -0.39 is 12.1 Å². The molecule has 3 aromatic rings. The average molecular weight is 329 g/mol. The summed E-state index contributed by atoms with van der Waals surface area (Å²) in [7, 11) is 0. The molecular formula is C16H15N3O3S. The topological polar surface area (TPSA) is 78.1 Å². The monoisotopic (exact) mass is 329 g/mol. The lowest BCUT2D eigenvalue weighted by Gasteiger charge is -2.09. The number of rotatable bonds is 4. The summed E-state index contributed by atoms with van der Waals surface area (Å²) in [5, 5.41) is 10.5. The summed E-state index contributed by atoms with van der Waals surface area (Å²) < 4.78 is 10.6. The lowest BCUT2D eigenvalue weighted by atomic mass is 10.1. The normalized spacial score (nSPS) is 12.1. The van der Waals surface area contributed by atoms with E-state index in [-0.39, 0.29) is 5.89 Å².